The molecule has 0 amide bonds. The molecule has 1 aliphatic carbocycles. The van der Waals surface area contributed by atoms with Crippen LogP contribution in [0.25, 0.3) is 0 Å². The first-order valence-corrected chi connectivity index (χ1v) is 10.3. The van der Waals surface area contributed by atoms with Gasteiger partial charge in [0.2, 0.25) is 0 Å². The van der Waals surface area contributed by atoms with Gasteiger partial charge in [0.1, 0.15) is 11.9 Å². The van der Waals surface area contributed by atoms with Crippen molar-refractivity contribution in [3.05, 3.63) is 42.0 Å². The molecular weight excluding hydrogens is 340 g/mol. The van der Waals surface area contributed by atoms with Crippen LogP contribution >= 0.6 is 0 Å². The summed E-state index contributed by atoms with van der Waals surface area (Å²) >= 11 is 0. The number of benzene rings is 1. The Labute approximate surface area is 162 Å². The molecule has 1 aromatic carbocycles. The molecule has 27 heavy (non-hydrogen) atoms. The number of unbranched alkanes of at least 4 members (excludes halogenated alkanes) is 3. The van der Waals surface area contributed by atoms with Crippen LogP contribution in [0.3, 0.4) is 0 Å². The molecule has 0 saturated heterocycles. The summed E-state index contributed by atoms with van der Waals surface area (Å²) < 4.78 is 10.9. The third kappa shape index (κ3) is 7.58. The van der Waals surface area contributed by atoms with Gasteiger partial charge in [-0.05, 0) is 63.1 Å². The molecule has 4 heteroatoms. The van der Waals surface area contributed by atoms with Gasteiger partial charge in [0.05, 0.1) is 5.92 Å². The maximum absolute atomic E-state index is 12.4. The zero-order chi connectivity index (χ0) is 19.5. The zero-order valence-electron chi connectivity index (χ0n) is 16.6. The Bertz CT molecular complexity index is 610. The summed E-state index contributed by atoms with van der Waals surface area (Å²) in [5.74, 6) is 0.0107. The van der Waals surface area contributed by atoms with Crippen molar-refractivity contribution in [1.82, 2.24) is 0 Å². The van der Waals surface area contributed by atoms with Crippen LogP contribution in [0.15, 0.2) is 36.4 Å². The number of esters is 2. The molecule has 0 aliphatic heterocycles. The zero-order valence-corrected chi connectivity index (χ0v) is 16.6. The second-order valence-electron chi connectivity index (χ2n) is 7.29. The van der Waals surface area contributed by atoms with Crippen LogP contribution in [-0.2, 0) is 20.7 Å². The Morgan fingerprint density at radius 3 is 2.37 bits per heavy atom. The number of hydrogen-bond donors (Lipinski definition) is 0. The Kier molecular flexibility index (Phi) is 9.09. The molecule has 1 saturated carbocycles. The van der Waals surface area contributed by atoms with Crippen molar-refractivity contribution in [3.8, 4) is 5.75 Å². The van der Waals surface area contributed by atoms with Gasteiger partial charge in [-0.3, -0.25) is 4.79 Å². The van der Waals surface area contributed by atoms with E-state index in [4.69, 9.17) is 9.47 Å². The molecule has 2 rings (SSSR count). The Balaban J connectivity index is 1.73. The fraction of sp³-hybridized carbons (Fsp3) is 0.565. The summed E-state index contributed by atoms with van der Waals surface area (Å²) in [6.07, 6.45) is 11.9. The smallest absolute Gasteiger partial charge is 0.330 e. The number of carbonyl (C=O) groups excluding carboxylic acids is 2. The van der Waals surface area contributed by atoms with Gasteiger partial charge in [-0.25, -0.2) is 4.79 Å². The van der Waals surface area contributed by atoms with Gasteiger partial charge in [0, 0.05) is 6.08 Å². The summed E-state index contributed by atoms with van der Waals surface area (Å²) in [6, 6.07) is 7.87. The Hall–Kier alpha value is -2.10. The highest BCUT2D eigenvalue weighted by atomic mass is 16.5. The first-order chi connectivity index (χ1) is 13.1. The Morgan fingerprint density at radius 2 is 1.74 bits per heavy atom. The van der Waals surface area contributed by atoms with E-state index < -0.39 is 0 Å². The normalized spacial score (nSPS) is 19.8. The molecule has 0 heterocycles. The summed E-state index contributed by atoms with van der Waals surface area (Å²) in [4.78, 5) is 23.9. The molecule has 0 atom stereocenters. The third-order valence-corrected chi connectivity index (χ3v) is 5.05. The van der Waals surface area contributed by atoms with Crippen LogP contribution in [0.5, 0.6) is 5.75 Å². The van der Waals surface area contributed by atoms with Crippen LogP contribution in [0.2, 0.25) is 0 Å². The van der Waals surface area contributed by atoms with E-state index in [1.807, 2.05) is 24.3 Å². The molecule has 1 aromatic rings. The average Bonchev–Trinajstić information content (AvgIpc) is 2.67. The fourth-order valence-electron chi connectivity index (χ4n) is 3.44. The monoisotopic (exact) mass is 372 g/mol. The summed E-state index contributed by atoms with van der Waals surface area (Å²) in [6.45, 7) is 4.00. The molecule has 1 aliphatic rings. The summed E-state index contributed by atoms with van der Waals surface area (Å²) in [7, 11) is 0. The van der Waals surface area contributed by atoms with Crippen LogP contribution in [0.1, 0.15) is 70.8 Å². The lowest BCUT2D eigenvalue weighted by Gasteiger charge is -2.26. The molecule has 0 bridgehead atoms. The van der Waals surface area contributed by atoms with Gasteiger partial charge < -0.3 is 9.47 Å². The molecule has 1 fully saturated rings. The van der Waals surface area contributed by atoms with E-state index in [1.165, 1.54) is 37.3 Å². The van der Waals surface area contributed by atoms with Crippen LogP contribution in [-0.4, -0.2) is 18.0 Å². The van der Waals surface area contributed by atoms with Crippen molar-refractivity contribution in [2.75, 3.05) is 0 Å². The van der Waals surface area contributed by atoms with Crippen LogP contribution in [0, 0.1) is 5.92 Å². The molecule has 0 N–H and O–H groups in total. The standard InChI is InChI=1S/C23H32O4/c1-3-5-6-7-9-18-10-14-21(15-11-18)27-23(25)19-12-16-20(17-13-19)26-22(24)8-4-2/h4,8,10-11,14-15,19-20H,3,5-7,9,12-13,16-17H2,1-2H3/t19-,20-. The van der Waals surface area contributed by atoms with E-state index in [0.29, 0.717) is 31.4 Å². The highest BCUT2D eigenvalue weighted by Gasteiger charge is 2.29. The van der Waals surface area contributed by atoms with E-state index in [0.717, 1.165) is 6.42 Å². The Morgan fingerprint density at radius 1 is 1.04 bits per heavy atom. The molecular formula is C23H32O4. The number of aryl methyl sites for hydroxylation is 1. The summed E-state index contributed by atoms with van der Waals surface area (Å²) in [5, 5.41) is 0. The number of hydrogen-bond acceptors (Lipinski definition) is 4. The number of rotatable bonds is 9. The highest BCUT2D eigenvalue weighted by molar-refractivity contribution is 5.82. The maximum atomic E-state index is 12.4. The van der Waals surface area contributed by atoms with Crippen molar-refractivity contribution in [3.63, 3.8) is 0 Å². The molecule has 148 valence electrons. The van der Waals surface area contributed by atoms with Gasteiger partial charge in [-0.1, -0.05) is 44.4 Å². The summed E-state index contributed by atoms with van der Waals surface area (Å²) in [5.41, 5.74) is 1.29. The largest absolute Gasteiger partial charge is 0.459 e. The molecule has 0 aromatic heterocycles. The minimum atomic E-state index is -0.307. The predicted molar refractivity (Wildman–Crippen MR) is 107 cm³/mol. The predicted octanol–water partition coefficient (Wildman–Crippen LogP) is 5.39. The second kappa shape index (κ2) is 11.6. The van der Waals surface area contributed by atoms with E-state index in [9.17, 15) is 9.59 Å². The lowest BCUT2D eigenvalue weighted by atomic mass is 9.87. The topological polar surface area (TPSA) is 52.6 Å². The quantitative estimate of drug-likeness (QED) is 0.252. The second-order valence-corrected chi connectivity index (χ2v) is 7.29. The highest BCUT2D eigenvalue weighted by Crippen LogP contribution is 2.28. The maximum Gasteiger partial charge on any atom is 0.330 e. The van der Waals surface area contributed by atoms with Crippen LogP contribution < -0.4 is 4.74 Å². The molecule has 0 radical (unpaired) electrons. The third-order valence-electron chi connectivity index (χ3n) is 5.05. The lowest BCUT2D eigenvalue weighted by molar-refractivity contribution is -0.147. The average molecular weight is 373 g/mol. The van der Waals surface area contributed by atoms with Crippen molar-refractivity contribution in [1.29, 1.82) is 0 Å². The van der Waals surface area contributed by atoms with E-state index >= 15 is 0 Å². The fourth-order valence-corrected chi connectivity index (χ4v) is 3.44. The number of carbonyl (C=O) groups is 2. The van der Waals surface area contributed by atoms with Crippen molar-refractivity contribution < 1.29 is 19.1 Å². The first kappa shape index (κ1) is 21.2. The van der Waals surface area contributed by atoms with Gasteiger partial charge in [0.25, 0.3) is 0 Å². The SMILES string of the molecule is CC=CC(=O)O[C@H]1CC[C@H](C(=O)Oc2ccc(CCCCCC)cc2)CC1. The molecule has 0 spiro atoms. The minimum absolute atomic E-state index is 0.0928. The molecule has 0 unspecified atom stereocenters. The van der Waals surface area contributed by atoms with Crippen molar-refractivity contribution >= 4 is 11.9 Å². The minimum Gasteiger partial charge on any atom is -0.459 e. The molecule has 4 nitrogen and oxygen atoms in total. The van der Waals surface area contributed by atoms with Gasteiger partial charge in [-0.15, -0.1) is 0 Å². The van der Waals surface area contributed by atoms with Crippen molar-refractivity contribution in [2.45, 2.75) is 77.7 Å². The van der Waals surface area contributed by atoms with Gasteiger partial charge in [0.15, 0.2) is 0 Å². The lowest BCUT2D eigenvalue weighted by Crippen LogP contribution is -2.29. The van der Waals surface area contributed by atoms with Crippen molar-refractivity contribution in [2.24, 2.45) is 5.92 Å². The number of allylic oxidation sites excluding steroid dienone is 1. The van der Waals surface area contributed by atoms with E-state index in [-0.39, 0.29) is 24.0 Å². The van der Waals surface area contributed by atoms with E-state index in [1.54, 1.807) is 13.0 Å². The van der Waals surface area contributed by atoms with Gasteiger partial charge >= 0.3 is 11.9 Å². The first-order valence-electron chi connectivity index (χ1n) is 10.3. The van der Waals surface area contributed by atoms with Crippen LogP contribution in [0.4, 0.5) is 0 Å². The van der Waals surface area contributed by atoms with E-state index in [2.05, 4.69) is 6.92 Å². The number of ether oxygens (including phenoxy) is 2. The van der Waals surface area contributed by atoms with Gasteiger partial charge in [-0.2, -0.15) is 0 Å².